The smallest absolute Gasteiger partial charge is 0.450 e. The number of carbonyl (C=O) groups is 1. The van der Waals surface area contributed by atoms with Crippen molar-refractivity contribution in [2.75, 3.05) is 6.61 Å². The molecule has 0 aromatic carbocycles. The van der Waals surface area contributed by atoms with Crippen LogP contribution >= 0.6 is 0 Å². The molecule has 0 rings (SSSR count). The van der Waals surface area contributed by atoms with Crippen LogP contribution in [0.2, 0.25) is 0 Å². The van der Waals surface area contributed by atoms with Gasteiger partial charge in [-0.3, -0.25) is 0 Å². The number of ether oxygens (including phenoxy) is 1. The molecule has 4 nitrogen and oxygen atoms in total. The summed E-state index contributed by atoms with van der Waals surface area (Å²) in [4.78, 5) is 9.36. The Labute approximate surface area is 48.7 Å². The summed E-state index contributed by atoms with van der Waals surface area (Å²) in [5, 5.41) is 15.3. The molecule has 0 saturated heterocycles. The minimum atomic E-state index is -3.98. The minimum absolute atomic E-state index is 1.64. The van der Waals surface area contributed by atoms with Gasteiger partial charge in [0, 0.05) is 0 Å². The van der Waals surface area contributed by atoms with Gasteiger partial charge in [-0.1, -0.05) is 0 Å². The lowest BCUT2D eigenvalue weighted by atomic mass is 10.7. The fraction of sp³-hybridized carbons (Fsp3) is 0.667. The Morgan fingerprint density at radius 3 is 2.22 bits per heavy atom. The van der Waals surface area contributed by atoms with Gasteiger partial charge >= 0.3 is 12.3 Å². The van der Waals surface area contributed by atoms with Crippen LogP contribution in [-0.4, -0.2) is 29.1 Å². The van der Waals surface area contributed by atoms with Crippen molar-refractivity contribution in [2.45, 2.75) is 6.11 Å². The van der Waals surface area contributed by atoms with E-state index in [0.29, 0.717) is 0 Å². The zero-order valence-electron chi connectivity index (χ0n) is 4.17. The summed E-state index contributed by atoms with van der Waals surface area (Å²) in [5.74, 6) is 0. The monoisotopic (exact) mass is 142 g/mol. The molecule has 0 unspecified atom stereocenters. The molecule has 54 valence electrons. The van der Waals surface area contributed by atoms with Crippen molar-refractivity contribution in [2.24, 2.45) is 0 Å². The third-order valence-electron chi connectivity index (χ3n) is 0.421. The van der Waals surface area contributed by atoms with Crippen LogP contribution in [0.1, 0.15) is 0 Å². The van der Waals surface area contributed by atoms with E-state index in [4.69, 9.17) is 10.2 Å². The van der Waals surface area contributed by atoms with Gasteiger partial charge in [-0.15, -0.1) is 0 Å². The van der Waals surface area contributed by atoms with Crippen molar-refractivity contribution in [3.8, 4) is 0 Å². The predicted octanol–water partition coefficient (Wildman–Crippen LogP) is 0.266. The van der Waals surface area contributed by atoms with Gasteiger partial charge in [0.1, 0.15) is 6.61 Å². The topological polar surface area (TPSA) is 66.8 Å². The third-order valence-corrected chi connectivity index (χ3v) is 0.421. The summed E-state index contributed by atoms with van der Waals surface area (Å²) in [6.07, 6.45) is -6.10. The van der Waals surface area contributed by atoms with Crippen LogP contribution in [0, 0.1) is 0 Å². The van der Waals surface area contributed by atoms with E-state index in [1.54, 1.807) is 0 Å². The summed E-state index contributed by atoms with van der Waals surface area (Å²) in [6.45, 7) is -1.64. The molecule has 0 aliphatic rings. The SMILES string of the molecule is O=C(O)OC(F)(F)CO. The summed E-state index contributed by atoms with van der Waals surface area (Å²) < 4.78 is 26.0. The van der Waals surface area contributed by atoms with Crippen molar-refractivity contribution >= 4 is 6.16 Å². The zero-order chi connectivity index (χ0) is 7.49. The van der Waals surface area contributed by atoms with E-state index in [0.717, 1.165) is 0 Å². The summed E-state index contributed by atoms with van der Waals surface area (Å²) in [5.41, 5.74) is 0. The van der Waals surface area contributed by atoms with Crippen LogP contribution in [0.4, 0.5) is 13.6 Å². The standard InChI is InChI=1S/C3H4F2O4/c4-3(5,1-6)9-2(7)8/h6H,1H2,(H,7,8). The molecule has 0 spiro atoms. The highest BCUT2D eigenvalue weighted by atomic mass is 19.3. The molecule has 0 atom stereocenters. The average molecular weight is 142 g/mol. The van der Waals surface area contributed by atoms with E-state index in [1.165, 1.54) is 0 Å². The maximum Gasteiger partial charge on any atom is 0.510 e. The number of aliphatic hydroxyl groups excluding tert-OH is 1. The number of carboxylic acid groups (broad SMARTS) is 1. The Kier molecular flexibility index (Phi) is 2.32. The second-order valence-corrected chi connectivity index (χ2v) is 1.16. The van der Waals surface area contributed by atoms with Crippen molar-refractivity contribution < 1.29 is 28.5 Å². The molecule has 0 aromatic rings. The third kappa shape index (κ3) is 3.65. The maximum absolute atomic E-state index is 11.6. The molecule has 6 heteroatoms. The van der Waals surface area contributed by atoms with Gasteiger partial charge in [-0.2, -0.15) is 8.78 Å². The Morgan fingerprint density at radius 1 is 1.67 bits per heavy atom. The molecule has 0 aliphatic heterocycles. The van der Waals surface area contributed by atoms with Gasteiger partial charge in [0.05, 0.1) is 0 Å². The Balaban J connectivity index is 3.71. The first-order chi connectivity index (χ1) is 3.98. The molecule has 9 heavy (non-hydrogen) atoms. The second-order valence-electron chi connectivity index (χ2n) is 1.16. The molecule has 0 saturated carbocycles. The molecular formula is C3H4F2O4. The van der Waals surface area contributed by atoms with E-state index in [1.807, 2.05) is 0 Å². The molecule has 2 N–H and O–H groups in total. The van der Waals surface area contributed by atoms with Gasteiger partial charge in [0.25, 0.3) is 0 Å². The number of halogens is 2. The van der Waals surface area contributed by atoms with Crippen LogP contribution < -0.4 is 0 Å². The van der Waals surface area contributed by atoms with Crippen molar-refractivity contribution in [3.63, 3.8) is 0 Å². The number of alkyl halides is 2. The number of rotatable bonds is 2. The molecule has 0 aliphatic carbocycles. The van der Waals surface area contributed by atoms with Gasteiger partial charge in [0.15, 0.2) is 0 Å². The van der Waals surface area contributed by atoms with Gasteiger partial charge in [0.2, 0.25) is 0 Å². The molecule has 0 aromatic heterocycles. The van der Waals surface area contributed by atoms with Gasteiger partial charge in [-0.25, -0.2) is 4.79 Å². The van der Waals surface area contributed by atoms with E-state index in [2.05, 4.69) is 4.74 Å². The molecule has 0 radical (unpaired) electrons. The second kappa shape index (κ2) is 2.58. The van der Waals surface area contributed by atoms with Crippen molar-refractivity contribution in [1.29, 1.82) is 0 Å². The normalized spacial score (nSPS) is 11.0. The Morgan fingerprint density at radius 2 is 2.11 bits per heavy atom. The van der Waals surface area contributed by atoms with E-state index < -0.39 is 18.9 Å². The Bertz CT molecular complexity index is 112. The number of hydrogen-bond donors (Lipinski definition) is 2. The first-order valence-electron chi connectivity index (χ1n) is 1.88. The van der Waals surface area contributed by atoms with Gasteiger partial charge in [-0.05, 0) is 0 Å². The lowest BCUT2D eigenvalue weighted by Crippen LogP contribution is -2.27. The highest BCUT2D eigenvalue weighted by Crippen LogP contribution is 2.13. The highest BCUT2D eigenvalue weighted by Gasteiger charge is 2.32. The van der Waals surface area contributed by atoms with E-state index in [-0.39, 0.29) is 0 Å². The zero-order valence-corrected chi connectivity index (χ0v) is 4.17. The van der Waals surface area contributed by atoms with Gasteiger partial charge < -0.3 is 14.9 Å². The fourth-order valence-electron chi connectivity index (χ4n) is 0.160. The van der Waals surface area contributed by atoms with Crippen molar-refractivity contribution in [1.82, 2.24) is 0 Å². The molecule has 0 heterocycles. The minimum Gasteiger partial charge on any atom is -0.450 e. The highest BCUT2D eigenvalue weighted by molar-refractivity contribution is 5.57. The molecule has 0 bridgehead atoms. The van der Waals surface area contributed by atoms with Crippen LogP contribution in [0.25, 0.3) is 0 Å². The maximum atomic E-state index is 11.6. The quantitative estimate of drug-likeness (QED) is 0.543. The summed E-state index contributed by atoms with van der Waals surface area (Å²) in [6, 6.07) is 0. The van der Waals surface area contributed by atoms with E-state index >= 15 is 0 Å². The van der Waals surface area contributed by atoms with Crippen LogP contribution in [0.5, 0.6) is 0 Å². The molecule has 0 amide bonds. The summed E-state index contributed by atoms with van der Waals surface area (Å²) >= 11 is 0. The fourth-order valence-corrected chi connectivity index (χ4v) is 0.160. The predicted molar refractivity (Wildman–Crippen MR) is 21.1 cm³/mol. The lowest BCUT2D eigenvalue weighted by molar-refractivity contribution is -0.228. The van der Waals surface area contributed by atoms with Crippen LogP contribution in [0.15, 0.2) is 0 Å². The molecule has 0 fully saturated rings. The first kappa shape index (κ1) is 8.09. The molecular weight excluding hydrogens is 138 g/mol. The van der Waals surface area contributed by atoms with Crippen LogP contribution in [-0.2, 0) is 4.74 Å². The van der Waals surface area contributed by atoms with Crippen molar-refractivity contribution in [3.05, 3.63) is 0 Å². The van der Waals surface area contributed by atoms with Crippen LogP contribution in [0.3, 0.4) is 0 Å². The lowest BCUT2D eigenvalue weighted by Gasteiger charge is -2.09. The summed E-state index contributed by atoms with van der Waals surface area (Å²) in [7, 11) is 0. The Hall–Kier alpha value is -0.910. The number of aliphatic hydroxyl groups is 1. The first-order valence-corrected chi connectivity index (χ1v) is 1.88. The largest absolute Gasteiger partial charge is 0.510 e. The number of hydrogen-bond acceptors (Lipinski definition) is 3. The average Bonchev–Trinajstić information content (AvgIpc) is 1.63. The van der Waals surface area contributed by atoms with E-state index in [9.17, 15) is 13.6 Å².